The second-order valence-electron chi connectivity index (χ2n) is 2.37. The van der Waals surface area contributed by atoms with E-state index in [1.807, 2.05) is 11.4 Å². The van der Waals surface area contributed by atoms with Gasteiger partial charge in [-0.25, -0.2) is 5.48 Å². The molecule has 0 radical (unpaired) electrons. The number of hydrogen-bond donors (Lipinski definition) is 1. The lowest BCUT2D eigenvalue weighted by Gasteiger charge is -2.03. The molecule has 1 amide bonds. The molecule has 1 rings (SSSR count). The van der Waals surface area contributed by atoms with Crippen LogP contribution in [0.4, 0.5) is 0 Å². The van der Waals surface area contributed by atoms with Gasteiger partial charge in [0.15, 0.2) is 0 Å². The number of hydrogen-bond acceptors (Lipinski definition) is 4. The fourth-order valence-electron chi connectivity index (χ4n) is 0.744. The summed E-state index contributed by atoms with van der Waals surface area (Å²) >= 11 is 4.61. The first-order valence-electron chi connectivity index (χ1n) is 3.89. The van der Waals surface area contributed by atoms with Gasteiger partial charge in [0, 0.05) is 11.6 Å². The molecule has 1 aromatic rings. The monoisotopic (exact) mass is 279 g/mol. The predicted molar refractivity (Wildman–Crippen MR) is 57.3 cm³/mol. The highest BCUT2D eigenvalue weighted by molar-refractivity contribution is 9.10. The maximum Gasteiger partial charge on any atom is 0.286 e. The van der Waals surface area contributed by atoms with Gasteiger partial charge in [0.05, 0.1) is 13.2 Å². The average molecular weight is 280 g/mol. The van der Waals surface area contributed by atoms with Crippen molar-refractivity contribution < 1.29 is 14.4 Å². The summed E-state index contributed by atoms with van der Waals surface area (Å²) < 4.78 is 5.53. The lowest BCUT2D eigenvalue weighted by molar-refractivity contribution is 0.00910. The Hall–Kier alpha value is -0.430. The van der Waals surface area contributed by atoms with E-state index in [-0.39, 0.29) is 5.91 Å². The van der Waals surface area contributed by atoms with Crippen LogP contribution in [0.3, 0.4) is 0 Å². The molecule has 0 saturated carbocycles. The molecule has 0 atom stereocenters. The van der Waals surface area contributed by atoms with Crippen molar-refractivity contribution in [3.05, 3.63) is 20.8 Å². The lowest BCUT2D eigenvalue weighted by Crippen LogP contribution is -2.24. The molecular formula is C8H10BrNO3S. The first-order chi connectivity index (χ1) is 6.75. The summed E-state index contributed by atoms with van der Waals surface area (Å²) in [5.74, 6) is -0.247. The molecular weight excluding hydrogens is 270 g/mol. The Kier molecular flexibility index (Phi) is 5.10. The maximum atomic E-state index is 11.4. The molecule has 0 spiro atoms. The summed E-state index contributed by atoms with van der Waals surface area (Å²) in [4.78, 5) is 16.9. The summed E-state index contributed by atoms with van der Waals surface area (Å²) in [6.45, 7) is 0.789. The highest BCUT2D eigenvalue weighted by Crippen LogP contribution is 2.22. The van der Waals surface area contributed by atoms with Gasteiger partial charge in [-0.15, -0.1) is 11.3 Å². The first-order valence-corrected chi connectivity index (χ1v) is 5.57. The van der Waals surface area contributed by atoms with Crippen LogP contribution in [-0.4, -0.2) is 26.2 Å². The molecule has 78 valence electrons. The number of methoxy groups -OCH3 is 1. The molecule has 0 aromatic carbocycles. The molecule has 0 aliphatic rings. The van der Waals surface area contributed by atoms with Crippen LogP contribution in [0.2, 0.25) is 0 Å². The molecule has 14 heavy (non-hydrogen) atoms. The Morgan fingerprint density at radius 1 is 1.64 bits per heavy atom. The van der Waals surface area contributed by atoms with Crippen molar-refractivity contribution in [1.29, 1.82) is 0 Å². The Balaban J connectivity index is 2.32. The van der Waals surface area contributed by atoms with Gasteiger partial charge in [-0.2, -0.15) is 0 Å². The molecule has 1 N–H and O–H groups in total. The van der Waals surface area contributed by atoms with E-state index in [0.717, 1.165) is 4.47 Å². The summed E-state index contributed by atoms with van der Waals surface area (Å²) in [5, 5.41) is 1.83. The molecule has 0 fully saturated rings. The van der Waals surface area contributed by atoms with Crippen LogP contribution in [0.1, 0.15) is 9.67 Å². The first kappa shape index (κ1) is 11.6. The molecule has 0 bridgehead atoms. The largest absolute Gasteiger partial charge is 0.382 e. The fourth-order valence-corrected chi connectivity index (χ4v) is 2.18. The zero-order valence-electron chi connectivity index (χ0n) is 7.58. The average Bonchev–Trinajstić information content (AvgIpc) is 2.59. The number of ether oxygens (including phenoxy) is 1. The van der Waals surface area contributed by atoms with E-state index in [9.17, 15) is 4.79 Å². The topological polar surface area (TPSA) is 47.6 Å². The van der Waals surface area contributed by atoms with Crippen LogP contribution < -0.4 is 5.48 Å². The van der Waals surface area contributed by atoms with Crippen molar-refractivity contribution >= 4 is 33.2 Å². The molecule has 0 aliphatic carbocycles. The van der Waals surface area contributed by atoms with Crippen molar-refractivity contribution in [3.8, 4) is 0 Å². The zero-order chi connectivity index (χ0) is 10.4. The summed E-state index contributed by atoms with van der Waals surface area (Å²) in [7, 11) is 1.57. The maximum absolute atomic E-state index is 11.4. The van der Waals surface area contributed by atoms with E-state index in [1.54, 1.807) is 7.11 Å². The minimum atomic E-state index is -0.247. The van der Waals surface area contributed by atoms with Crippen LogP contribution in [0.25, 0.3) is 0 Å². The Morgan fingerprint density at radius 3 is 3.00 bits per heavy atom. The van der Waals surface area contributed by atoms with Crippen LogP contribution in [0.15, 0.2) is 15.9 Å². The van der Waals surface area contributed by atoms with Gasteiger partial charge in [-0.05, 0) is 27.4 Å². The summed E-state index contributed by atoms with van der Waals surface area (Å²) in [5.41, 5.74) is 2.32. The number of thiophene rings is 1. The molecule has 1 aromatic heterocycles. The smallest absolute Gasteiger partial charge is 0.286 e. The number of carbonyl (C=O) groups is 1. The Morgan fingerprint density at radius 2 is 2.43 bits per heavy atom. The van der Waals surface area contributed by atoms with E-state index < -0.39 is 0 Å². The molecule has 0 saturated heterocycles. The number of halogens is 1. The van der Waals surface area contributed by atoms with E-state index in [2.05, 4.69) is 21.4 Å². The zero-order valence-corrected chi connectivity index (χ0v) is 9.98. The van der Waals surface area contributed by atoms with Gasteiger partial charge >= 0.3 is 0 Å². The molecule has 1 heterocycles. The van der Waals surface area contributed by atoms with Gasteiger partial charge in [-0.1, -0.05) is 0 Å². The number of rotatable bonds is 5. The van der Waals surface area contributed by atoms with E-state index >= 15 is 0 Å². The third-order valence-corrected chi connectivity index (χ3v) is 3.21. The number of carbonyl (C=O) groups excluding carboxylic acids is 1. The molecule has 6 heteroatoms. The Bertz CT molecular complexity index is 303. The fraction of sp³-hybridized carbons (Fsp3) is 0.375. The van der Waals surface area contributed by atoms with Crippen molar-refractivity contribution in [2.75, 3.05) is 20.3 Å². The van der Waals surface area contributed by atoms with Crippen LogP contribution in [0, 0.1) is 0 Å². The third kappa shape index (κ3) is 3.38. The SMILES string of the molecule is COCCONC(=O)c1sccc1Br. The summed E-state index contributed by atoms with van der Waals surface area (Å²) in [6.07, 6.45) is 0. The second kappa shape index (κ2) is 6.13. The molecule has 4 nitrogen and oxygen atoms in total. The number of nitrogens with one attached hydrogen (secondary N) is 1. The standard InChI is InChI=1S/C8H10BrNO3S/c1-12-3-4-13-10-8(11)7-6(9)2-5-14-7/h2,5H,3-4H2,1H3,(H,10,11). The van der Waals surface area contributed by atoms with Gasteiger partial charge in [0.1, 0.15) is 4.88 Å². The van der Waals surface area contributed by atoms with Crippen LogP contribution in [-0.2, 0) is 9.57 Å². The number of hydroxylamine groups is 1. The quantitative estimate of drug-likeness (QED) is 0.661. The minimum absolute atomic E-state index is 0.247. The normalized spacial score (nSPS) is 10.1. The highest BCUT2D eigenvalue weighted by atomic mass is 79.9. The van der Waals surface area contributed by atoms with Crippen molar-refractivity contribution in [2.45, 2.75) is 0 Å². The van der Waals surface area contributed by atoms with Crippen LogP contribution >= 0.6 is 27.3 Å². The highest BCUT2D eigenvalue weighted by Gasteiger charge is 2.10. The third-order valence-electron chi connectivity index (χ3n) is 1.38. The predicted octanol–water partition coefficient (Wildman–Crippen LogP) is 1.82. The van der Waals surface area contributed by atoms with E-state index in [0.29, 0.717) is 18.1 Å². The van der Waals surface area contributed by atoms with Crippen molar-refractivity contribution in [1.82, 2.24) is 5.48 Å². The van der Waals surface area contributed by atoms with E-state index in [1.165, 1.54) is 11.3 Å². The summed E-state index contributed by atoms with van der Waals surface area (Å²) in [6, 6.07) is 1.81. The lowest BCUT2D eigenvalue weighted by atomic mass is 10.4. The van der Waals surface area contributed by atoms with Gasteiger partial charge in [0.2, 0.25) is 0 Å². The van der Waals surface area contributed by atoms with Gasteiger partial charge in [-0.3, -0.25) is 9.63 Å². The second-order valence-corrected chi connectivity index (χ2v) is 4.14. The van der Waals surface area contributed by atoms with Gasteiger partial charge < -0.3 is 4.74 Å². The Labute approximate surface area is 94.3 Å². The van der Waals surface area contributed by atoms with Gasteiger partial charge in [0.25, 0.3) is 5.91 Å². The number of amides is 1. The minimum Gasteiger partial charge on any atom is -0.382 e. The van der Waals surface area contributed by atoms with Crippen molar-refractivity contribution in [2.24, 2.45) is 0 Å². The van der Waals surface area contributed by atoms with Crippen molar-refractivity contribution in [3.63, 3.8) is 0 Å². The van der Waals surface area contributed by atoms with E-state index in [4.69, 9.17) is 9.57 Å². The molecule has 0 aliphatic heterocycles. The molecule has 0 unspecified atom stereocenters. The van der Waals surface area contributed by atoms with Crippen LogP contribution in [0.5, 0.6) is 0 Å².